The maximum atomic E-state index is 12.3. The molecule has 0 unspecified atom stereocenters. The van der Waals surface area contributed by atoms with Crippen molar-refractivity contribution in [2.75, 3.05) is 0 Å². The van der Waals surface area contributed by atoms with Crippen LogP contribution in [-0.2, 0) is 0 Å². The fourth-order valence-electron chi connectivity index (χ4n) is 1.96. The third-order valence-corrected chi connectivity index (χ3v) is 3.59. The van der Waals surface area contributed by atoms with Crippen molar-refractivity contribution in [1.82, 2.24) is 0 Å². The van der Waals surface area contributed by atoms with E-state index in [1.807, 2.05) is 30.3 Å². The van der Waals surface area contributed by atoms with Crippen molar-refractivity contribution in [1.29, 1.82) is 0 Å². The van der Waals surface area contributed by atoms with Crippen LogP contribution in [-0.4, -0.2) is 0 Å². The van der Waals surface area contributed by atoms with E-state index in [1.165, 1.54) is 0 Å². The quantitative estimate of drug-likeness (QED) is 0.673. The van der Waals surface area contributed by atoms with Crippen LogP contribution in [0.25, 0.3) is 22.3 Å². The van der Waals surface area contributed by atoms with Gasteiger partial charge in [0.2, 0.25) is 5.43 Å². The van der Waals surface area contributed by atoms with Crippen LogP contribution in [0.15, 0.2) is 62.6 Å². The summed E-state index contributed by atoms with van der Waals surface area (Å²) >= 11 is 10.4. The Morgan fingerprint density at radius 3 is 2.47 bits per heavy atom. The summed E-state index contributed by atoms with van der Waals surface area (Å²) in [5.74, 6) is 0.439. The molecular weight excluding hydrogens is 280 g/mol. The van der Waals surface area contributed by atoms with E-state index in [2.05, 4.69) is 12.6 Å². The van der Waals surface area contributed by atoms with E-state index in [9.17, 15) is 4.79 Å². The second kappa shape index (κ2) is 4.76. The first-order valence-electron chi connectivity index (χ1n) is 5.68. The number of para-hydroxylation sites is 1. The molecule has 1 aromatic heterocycles. The van der Waals surface area contributed by atoms with Gasteiger partial charge in [-0.25, -0.2) is 0 Å². The molecule has 0 bridgehead atoms. The molecule has 0 N–H and O–H groups in total. The van der Waals surface area contributed by atoms with Gasteiger partial charge in [-0.15, -0.1) is 12.6 Å². The Bertz CT molecular complexity index is 809. The number of benzene rings is 2. The van der Waals surface area contributed by atoms with Crippen LogP contribution in [0.3, 0.4) is 0 Å². The average molecular weight is 289 g/mol. The molecule has 1 heterocycles. The summed E-state index contributed by atoms with van der Waals surface area (Å²) in [6.45, 7) is 0. The Balaban J connectivity index is 2.42. The highest BCUT2D eigenvalue weighted by Gasteiger charge is 2.14. The molecule has 2 aromatic carbocycles. The first kappa shape index (κ1) is 12.3. The summed E-state index contributed by atoms with van der Waals surface area (Å²) < 4.78 is 5.78. The number of fused-ring (bicyclic) bond motifs is 1. The van der Waals surface area contributed by atoms with Crippen LogP contribution < -0.4 is 5.43 Å². The monoisotopic (exact) mass is 288 g/mol. The van der Waals surface area contributed by atoms with Crippen LogP contribution >= 0.6 is 24.2 Å². The van der Waals surface area contributed by atoms with Gasteiger partial charge in [0.15, 0.2) is 11.3 Å². The van der Waals surface area contributed by atoms with Crippen molar-refractivity contribution in [2.45, 2.75) is 4.90 Å². The normalized spacial score (nSPS) is 10.8. The Morgan fingerprint density at radius 2 is 1.74 bits per heavy atom. The molecule has 0 atom stereocenters. The van der Waals surface area contributed by atoms with Gasteiger partial charge in [-0.05, 0) is 12.1 Å². The highest BCUT2D eigenvalue weighted by Crippen LogP contribution is 2.30. The molecule has 0 radical (unpaired) electrons. The molecule has 3 aromatic rings. The van der Waals surface area contributed by atoms with Crippen LogP contribution in [0.5, 0.6) is 0 Å². The van der Waals surface area contributed by atoms with Crippen LogP contribution in [0.2, 0.25) is 5.02 Å². The lowest BCUT2D eigenvalue weighted by Gasteiger charge is -2.07. The molecule has 0 saturated carbocycles. The Morgan fingerprint density at radius 1 is 1.00 bits per heavy atom. The van der Waals surface area contributed by atoms with E-state index in [4.69, 9.17) is 16.0 Å². The van der Waals surface area contributed by atoms with Gasteiger partial charge in [-0.3, -0.25) is 4.79 Å². The van der Waals surface area contributed by atoms with Crippen molar-refractivity contribution in [3.63, 3.8) is 0 Å². The fraction of sp³-hybridized carbons (Fsp3) is 0. The number of hydrogen-bond donors (Lipinski definition) is 1. The third-order valence-electron chi connectivity index (χ3n) is 2.88. The van der Waals surface area contributed by atoms with E-state index in [-0.39, 0.29) is 5.43 Å². The summed E-state index contributed by atoms with van der Waals surface area (Å²) in [7, 11) is 0. The van der Waals surface area contributed by atoms with Gasteiger partial charge >= 0.3 is 0 Å². The highest BCUT2D eigenvalue weighted by atomic mass is 35.5. The number of hydrogen-bond acceptors (Lipinski definition) is 3. The highest BCUT2D eigenvalue weighted by molar-refractivity contribution is 7.80. The maximum absolute atomic E-state index is 12.3. The minimum absolute atomic E-state index is 0.175. The molecule has 0 aliphatic carbocycles. The molecule has 19 heavy (non-hydrogen) atoms. The second-order valence-electron chi connectivity index (χ2n) is 4.09. The third kappa shape index (κ3) is 2.05. The molecule has 0 amide bonds. The molecule has 2 nitrogen and oxygen atoms in total. The molecule has 94 valence electrons. The van der Waals surface area contributed by atoms with Crippen LogP contribution in [0.1, 0.15) is 0 Å². The lowest BCUT2D eigenvalue weighted by molar-refractivity contribution is 0.606. The molecule has 4 heteroatoms. The van der Waals surface area contributed by atoms with Crippen molar-refractivity contribution in [3.8, 4) is 11.3 Å². The first-order chi connectivity index (χ1) is 9.18. The minimum atomic E-state index is -0.175. The van der Waals surface area contributed by atoms with E-state index in [0.29, 0.717) is 26.6 Å². The molecule has 0 fully saturated rings. The van der Waals surface area contributed by atoms with Crippen molar-refractivity contribution >= 4 is 35.2 Å². The van der Waals surface area contributed by atoms with Gasteiger partial charge in [0.05, 0.1) is 15.3 Å². The van der Waals surface area contributed by atoms with Gasteiger partial charge in [-0.1, -0.05) is 48.0 Å². The number of thiol groups is 1. The summed E-state index contributed by atoms with van der Waals surface area (Å²) in [5, 5.41) is 0.859. The molecular formula is C15H9ClO2S. The van der Waals surface area contributed by atoms with Crippen molar-refractivity contribution in [2.24, 2.45) is 0 Å². The second-order valence-corrected chi connectivity index (χ2v) is 4.95. The SMILES string of the molecule is O=c1c(S)c(-c2ccccc2)oc2c(Cl)cccc12. The largest absolute Gasteiger partial charge is 0.453 e. The zero-order chi connectivity index (χ0) is 13.4. The molecule has 0 aliphatic rings. The van der Waals surface area contributed by atoms with Gasteiger partial charge in [0.25, 0.3) is 0 Å². The minimum Gasteiger partial charge on any atom is -0.453 e. The predicted molar refractivity (Wildman–Crippen MR) is 80.2 cm³/mol. The zero-order valence-corrected chi connectivity index (χ0v) is 11.4. The Kier molecular flexibility index (Phi) is 3.09. The maximum Gasteiger partial charge on any atom is 0.206 e. The van der Waals surface area contributed by atoms with E-state index < -0.39 is 0 Å². The summed E-state index contributed by atoms with van der Waals surface area (Å²) in [6.07, 6.45) is 0. The lowest BCUT2D eigenvalue weighted by atomic mass is 10.1. The Labute approximate surface area is 120 Å². The smallest absolute Gasteiger partial charge is 0.206 e. The average Bonchev–Trinajstić information content (AvgIpc) is 2.44. The summed E-state index contributed by atoms with van der Waals surface area (Å²) in [6, 6.07) is 14.5. The van der Waals surface area contributed by atoms with E-state index in [1.54, 1.807) is 18.2 Å². The number of rotatable bonds is 1. The van der Waals surface area contributed by atoms with Gasteiger partial charge in [0, 0.05) is 5.56 Å². The molecule has 0 saturated heterocycles. The van der Waals surface area contributed by atoms with Gasteiger partial charge in [-0.2, -0.15) is 0 Å². The van der Waals surface area contributed by atoms with Crippen LogP contribution in [0.4, 0.5) is 0 Å². The summed E-state index contributed by atoms with van der Waals surface area (Å²) in [4.78, 5) is 12.6. The fourth-order valence-corrected chi connectivity index (χ4v) is 2.47. The van der Waals surface area contributed by atoms with Crippen LogP contribution in [0, 0.1) is 0 Å². The van der Waals surface area contributed by atoms with Crippen molar-refractivity contribution < 1.29 is 4.42 Å². The topological polar surface area (TPSA) is 30.2 Å². The van der Waals surface area contributed by atoms with E-state index in [0.717, 1.165) is 5.56 Å². The number of halogens is 1. The molecule has 3 rings (SSSR count). The first-order valence-corrected chi connectivity index (χ1v) is 6.50. The zero-order valence-electron chi connectivity index (χ0n) is 9.76. The lowest BCUT2D eigenvalue weighted by Crippen LogP contribution is -2.04. The van der Waals surface area contributed by atoms with Gasteiger partial charge < -0.3 is 4.42 Å². The van der Waals surface area contributed by atoms with E-state index >= 15 is 0 Å². The molecule has 0 aliphatic heterocycles. The molecule has 0 spiro atoms. The van der Waals surface area contributed by atoms with Gasteiger partial charge in [0.1, 0.15) is 0 Å². The van der Waals surface area contributed by atoms with Crippen molar-refractivity contribution in [3.05, 3.63) is 63.8 Å². The Hall–Kier alpha value is -1.71. The summed E-state index contributed by atoms with van der Waals surface area (Å²) in [5.41, 5.74) is 1.02. The predicted octanol–water partition coefficient (Wildman–Crippen LogP) is 4.40. The standard InChI is InChI=1S/C15H9ClO2S/c16-11-8-4-7-10-12(17)15(19)13(18-14(10)11)9-5-2-1-3-6-9/h1-8,19H.